The normalized spacial score (nSPS) is 23.2. The van der Waals surface area contributed by atoms with Gasteiger partial charge in [0.15, 0.2) is 6.04 Å². The average Bonchev–Trinajstić information content (AvgIpc) is 3.15. The van der Waals surface area contributed by atoms with Crippen LogP contribution in [0.1, 0.15) is 72.1 Å². The zero-order chi connectivity index (χ0) is 24.5. The summed E-state index contributed by atoms with van der Waals surface area (Å²) >= 11 is 0. The first-order chi connectivity index (χ1) is 16.2. The van der Waals surface area contributed by atoms with E-state index in [-0.39, 0.29) is 11.7 Å². The Balaban J connectivity index is 1.67. The lowest BCUT2D eigenvalue weighted by molar-refractivity contribution is -0.125. The number of fused-ring (bicyclic) bond motifs is 1. The van der Waals surface area contributed by atoms with E-state index < -0.39 is 22.6 Å². The number of benzene rings is 2. The van der Waals surface area contributed by atoms with E-state index in [4.69, 9.17) is 16.9 Å². The predicted molar refractivity (Wildman–Crippen MR) is 133 cm³/mol. The topological polar surface area (TPSA) is 145 Å². The van der Waals surface area contributed by atoms with E-state index in [1.165, 1.54) is 19.3 Å². The highest BCUT2D eigenvalue weighted by atomic mass is 16.6. The number of hydrogen-bond acceptors (Lipinski definition) is 4. The molecule has 180 valence electrons. The third-order valence-corrected chi connectivity index (χ3v) is 7.49. The number of hydroxylamine groups is 2. The molecular weight excluding hydrogens is 430 g/mol. The number of hydrogen-bond donors (Lipinski definition) is 4. The van der Waals surface area contributed by atoms with Crippen LogP contribution in [0.4, 0.5) is 5.69 Å². The smallest absolute Gasteiger partial charge is 0.279 e. The molecule has 4 rings (SSSR count). The molecule has 8 heteroatoms. The highest BCUT2D eigenvalue weighted by molar-refractivity contribution is 5.97. The van der Waals surface area contributed by atoms with E-state index >= 15 is 0 Å². The number of nitrogens with two attached hydrogens (primary N) is 2. The third kappa shape index (κ3) is 4.43. The standard InChI is InChI=1S/C26H33N5O3/c1-16(18-7-9-19(10-8-18)25(29)32)31(34)22-14-21(24(27)28)12-11-20(22)13-23(31)26(33)30-15-17-5-3-2-4-6-17/h7-12,14,16-17,23H,2-6,13,15H2,1H3,(H3,27,28)(H2,29,32)(H,30,33)/t16-,23?,31?/m0/s1. The molecule has 0 spiro atoms. The molecule has 8 nitrogen and oxygen atoms in total. The zero-order valence-electron chi connectivity index (χ0n) is 19.5. The van der Waals surface area contributed by atoms with Gasteiger partial charge in [0.05, 0.1) is 0 Å². The lowest BCUT2D eigenvalue weighted by atomic mass is 9.89. The molecule has 2 amide bonds. The van der Waals surface area contributed by atoms with Gasteiger partial charge in [-0.3, -0.25) is 15.0 Å². The van der Waals surface area contributed by atoms with Gasteiger partial charge >= 0.3 is 0 Å². The molecule has 1 saturated carbocycles. The number of amidine groups is 1. The Morgan fingerprint density at radius 2 is 1.74 bits per heavy atom. The second-order valence-electron chi connectivity index (χ2n) is 9.60. The quantitative estimate of drug-likeness (QED) is 0.216. The largest absolute Gasteiger partial charge is 0.626 e. The van der Waals surface area contributed by atoms with Crippen molar-refractivity contribution in [2.75, 3.05) is 6.54 Å². The Labute approximate surface area is 200 Å². The maximum Gasteiger partial charge on any atom is 0.279 e. The second kappa shape index (κ2) is 9.56. The first-order valence-corrected chi connectivity index (χ1v) is 12.0. The predicted octanol–water partition coefficient (Wildman–Crippen LogP) is 3.26. The van der Waals surface area contributed by atoms with Crippen molar-refractivity contribution in [1.29, 1.82) is 5.41 Å². The van der Waals surface area contributed by atoms with Crippen LogP contribution < -0.4 is 21.4 Å². The lowest BCUT2D eigenvalue weighted by Crippen LogP contribution is -2.58. The van der Waals surface area contributed by atoms with Crippen LogP contribution in [-0.2, 0) is 11.2 Å². The minimum absolute atomic E-state index is 0.127. The fourth-order valence-corrected chi connectivity index (χ4v) is 5.39. The van der Waals surface area contributed by atoms with Crippen molar-refractivity contribution >= 4 is 23.3 Å². The number of carbonyl (C=O) groups is 2. The molecule has 34 heavy (non-hydrogen) atoms. The van der Waals surface area contributed by atoms with E-state index in [0.29, 0.717) is 41.3 Å². The van der Waals surface area contributed by atoms with E-state index in [0.717, 1.165) is 18.4 Å². The summed E-state index contributed by atoms with van der Waals surface area (Å²) in [6.07, 6.45) is 6.14. The van der Waals surface area contributed by atoms with Crippen molar-refractivity contribution in [2.45, 2.75) is 57.5 Å². The molecule has 1 heterocycles. The molecule has 1 aliphatic heterocycles. The fraction of sp³-hybridized carbons (Fsp3) is 0.423. The summed E-state index contributed by atoms with van der Waals surface area (Å²) in [6.45, 7) is 2.38. The Morgan fingerprint density at radius 3 is 2.35 bits per heavy atom. The number of carbonyl (C=O) groups excluding carboxylic acids is 2. The molecule has 1 fully saturated rings. The Bertz CT molecular complexity index is 1090. The number of quaternary nitrogens is 1. The van der Waals surface area contributed by atoms with E-state index in [2.05, 4.69) is 5.32 Å². The molecule has 2 aliphatic rings. The maximum absolute atomic E-state index is 14.7. The summed E-state index contributed by atoms with van der Waals surface area (Å²) in [5.41, 5.74) is 13.8. The van der Waals surface area contributed by atoms with Crippen LogP contribution in [0, 0.1) is 16.5 Å². The van der Waals surface area contributed by atoms with Crippen LogP contribution >= 0.6 is 0 Å². The first kappa shape index (κ1) is 23.9. The second-order valence-corrected chi connectivity index (χ2v) is 9.60. The number of nitrogens with zero attached hydrogens (tertiary/aromatic N) is 1. The number of amides is 2. The van der Waals surface area contributed by atoms with Crippen molar-refractivity contribution in [3.05, 3.63) is 69.9 Å². The van der Waals surface area contributed by atoms with Crippen LogP contribution in [0.3, 0.4) is 0 Å². The maximum atomic E-state index is 14.7. The molecule has 0 aromatic heterocycles. The molecule has 0 saturated heterocycles. The summed E-state index contributed by atoms with van der Waals surface area (Å²) in [7, 11) is 0. The molecule has 1 aliphatic carbocycles. The molecule has 0 bridgehead atoms. The van der Waals surface area contributed by atoms with Crippen LogP contribution in [0.5, 0.6) is 0 Å². The van der Waals surface area contributed by atoms with Gasteiger partial charge < -0.3 is 26.6 Å². The fourth-order valence-electron chi connectivity index (χ4n) is 5.39. The van der Waals surface area contributed by atoms with Gasteiger partial charge in [0.1, 0.15) is 17.6 Å². The molecule has 2 aromatic carbocycles. The first-order valence-electron chi connectivity index (χ1n) is 12.0. The van der Waals surface area contributed by atoms with E-state index in [1.54, 1.807) is 49.4 Å². The minimum atomic E-state index is -0.872. The van der Waals surface area contributed by atoms with Gasteiger partial charge in [0, 0.05) is 41.3 Å². The van der Waals surface area contributed by atoms with Gasteiger partial charge in [-0.05, 0) is 37.8 Å². The van der Waals surface area contributed by atoms with Gasteiger partial charge in [-0.1, -0.05) is 43.5 Å². The molecule has 3 atom stereocenters. The van der Waals surface area contributed by atoms with Crippen molar-refractivity contribution in [1.82, 2.24) is 9.96 Å². The lowest BCUT2D eigenvalue weighted by Gasteiger charge is -2.48. The van der Waals surface area contributed by atoms with Crippen molar-refractivity contribution in [2.24, 2.45) is 17.4 Å². The van der Waals surface area contributed by atoms with Gasteiger partial charge in [0.25, 0.3) is 5.91 Å². The van der Waals surface area contributed by atoms with Crippen LogP contribution in [0.2, 0.25) is 0 Å². The van der Waals surface area contributed by atoms with E-state index in [1.807, 2.05) is 0 Å². The number of primary amides is 1. The molecular formula is C26H33N5O3. The summed E-state index contributed by atoms with van der Waals surface area (Å²) in [4.78, 5) is 24.9. The van der Waals surface area contributed by atoms with Gasteiger partial charge in [-0.2, -0.15) is 0 Å². The minimum Gasteiger partial charge on any atom is -0.626 e. The average molecular weight is 464 g/mol. The summed E-state index contributed by atoms with van der Waals surface area (Å²) < 4.78 is -0.872. The molecule has 2 aromatic rings. The summed E-state index contributed by atoms with van der Waals surface area (Å²) in [5, 5.41) is 25.6. The highest BCUT2D eigenvalue weighted by Gasteiger charge is 2.48. The van der Waals surface area contributed by atoms with Gasteiger partial charge in [-0.25, -0.2) is 0 Å². The van der Waals surface area contributed by atoms with Crippen LogP contribution in [-0.4, -0.2) is 30.2 Å². The number of nitrogens with one attached hydrogen (secondary N) is 2. The van der Waals surface area contributed by atoms with E-state index in [9.17, 15) is 14.8 Å². The number of rotatable bonds is 7. The Hall–Kier alpha value is -3.23. The molecule has 6 N–H and O–H groups in total. The highest BCUT2D eigenvalue weighted by Crippen LogP contribution is 2.46. The Morgan fingerprint density at radius 1 is 1.09 bits per heavy atom. The SMILES string of the molecule is C[C@@H](c1ccc(C(N)=O)cc1)[N+]1([O-])c2cc(C(=N)N)ccc2CC1C(=O)NCC1CCCCC1. The van der Waals surface area contributed by atoms with Gasteiger partial charge in [0.2, 0.25) is 5.91 Å². The third-order valence-electron chi connectivity index (χ3n) is 7.49. The number of nitrogen functional groups attached to an aromatic ring is 1. The monoisotopic (exact) mass is 463 g/mol. The zero-order valence-corrected chi connectivity index (χ0v) is 19.5. The van der Waals surface area contributed by atoms with Crippen molar-refractivity contribution in [3.63, 3.8) is 0 Å². The molecule has 0 radical (unpaired) electrons. The summed E-state index contributed by atoms with van der Waals surface area (Å²) in [5.74, 6) is -0.458. The summed E-state index contributed by atoms with van der Waals surface area (Å²) in [6, 6.07) is 10.3. The van der Waals surface area contributed by atoms with Crippen molar-refractivity contribution in [3.8, 4) is 0 Å². The molecule has 2 unspecified atom stereocenters. The van der Waals surface area contributed by atoms with Crippen LogP contribution in [0.15, 0.2) is 42.5 Å². The van der Waals surface area contributed by atoms with Crippen LogP contribution in [0.25, 0.3) is 0 Å². The van der Waals surface area contributed by atoms with Gasteiger partial charge in [-0.15, -0.1) is 0 Å². The Kier molecular flexibility index (Phi) is 6.72. The van der Waals surface area contributed by atoms with Crippen molar-refractivity contribution < 1.29 is 9.59 Å².